The van der Waals surface area contributed by atoms with E-state index in [2.05, 4.69) is 0 Å². The first-order chi connectivity index (χ1) is 9.52. The monoisotopic (exact) mass is 296 g/mol. The van der Waals surface area contributed by atoms with Crippen LogP contribution in [0.5, 0.6) is 0 Å². The van der Waals surface area contributed by atoms with Crippen molar-refractivity contribution in [2.45, 2.75) is 29.6 Å². The van der Waals surface area contributed by atoms with Crippen molar-refractivity contribution in [2.24, 2.45) is 0 Å². The van der Waals surface area contributed by atoms with Crippen LogP contribution in [0, 0.1) is 0 Å². The van der Waals surface area contributed by atoms with Gasteiger partial charge >= 0.3 is 0 Å². The third-order valence-corrected chi connectivity index (χ3v) is 5.38. The Kier molecular flexibility index (Phi) is 3.41. The van der Waals surface area contributed by atoms with E-state index in [9.17, 15) is 13.5 Å². The fourth-order valence-electron chi connectivity index (χ4n) is 2.61. The number of aliphatic hydroxyl groups excluding tert-OH is 1. The Balaban J connectivity index is 2.02. The van der Waals surface area contributed by atoms with Crippen molar-refractivity contribution in [3.63, 3.8) is 0 Å². The van der Waals surface area contributed by atoms with Gasteiger partial charge in [0.15, 0.2) is 5.79 Å². The highest BCUT2D eigenvalue weighted by atomic mass is 32.2. The predicted molar refractivity (Wildman–Crippen MR) is 71.6 cm³/mol. The lowest BCUT2D eigenvalue weighted by molar-refractivity contribution is -0.143. The fraction of sp³-hybridized carbons (Fsp3) is 0.429. The predicted octanol–water partition coefficient (Wildman–Crippen LogP) is 1.24. The van der Waals surface area contributed by atoms with Crippen LogP contribution >= 0.6 is 0 Å². The quantitative estimate of drug-likeness (QED) is 0.889. The first kappa shape index (κ1) is 13.8. The third-order valence-electron chi connectivity index (χ3n) is 3.51. The third kappa shape index (κ3) is 2.40. The zero-order valence-corrected chi connectivity index (χ0v) is 11.7. The first-order valence-corrected chi connectivity index (χ1v) is 7.98. The summed E-state index contributed by atoms with van der Waals surface area (Å²) in [4.78, 5) is 0.373. The number of benzene rings is 1. The van der Waals surface area contributed by atoms with Gasteiger partial charge in [0.1, 0.15) is 0 Å². The number of sulfone groups is 1. The molecule has 0 saturated carbocycles. The summed E-state index contributed by atoms with van der Waals surface area (Å²) in [5, 5.41) is 9.95. The van der Waals surface area contributed by atoms with E-state index in [1.807, 2.05) is 0 Å². The molecule has 5 nitrogen and oxygen atoms in total. The molecule has 1 spiro atoms. The molecule has 1 saturated heterocycles. The molecule has 0 unspecified atom stereocenters. The summed E-state index contributed by atoms with van der Waals surface area (Å²) in [6, 6.07) is 8.18. The summed E-state index contributed by atoms with van der Waals surface area (Å²) in [5.41, 5.74) is 0. The minimum Gasteiger partial charge on any atom is -0.393 e. The second-order valence-corrected chi connectivity index (χ2v) is 7.00. The van der Waals surface area contributed by atoms with Gasteiger partial charge in [-0.2, -0.15) is 0 Å². The minimum atomic E-state index is -3.62. The molecule has 108 valence electrons. The molecule has 0 bridgehead atoms. The second-order valence-electron chi connectivity index (χ2n) is 5.00. The minimum absolute atomic E-state index is 0.0890. The summed E-state index contributed by atoms with van der Waals surface area (Å²) in [5.74, 6) is -1.09. The van der Waals surface area contributed by atoms with Gasteiger partial charge in [0.25, 0.3) is 0 Å². The van der Waals surface area contributed by atoms with E-state index in [0.717, 1.165) is 0 Å². The topological polar surface area (TPSA) is 72.8 Å². The van der Waals surface area contributed by atoms with Crippen molar-refractivity contribution in [2.75, 3.05) is 13.2 Å². The molecule has 20 heavy (non-hydrogen) atoms. The molecular weight excluding hydrogens is 280 g/mol. The van der Waals surface area contributed by atoms with Crippen LogP contribution in [-0.4, -0.2) is 38.6 Å². The number of aliphatic hydroxyl groups is 1. The average Bonchev–Trinajstić information content (AvgIpc) is 2.86. The maximum Gasteiger partial charge on any atom is 0.202 e. The molecule has 0 radical (unpaired) electrons. The van der Waals surface area contributed by atoms with Crippen LogP contribution in [0.3, 0.4) is 0 Å². The van der Waals surface area contributed by atoms with Crippen LogP contribution in [0.2, 0.25) is 0 Å². The molecule has 0 aromatic heterocycles. The van der Waals surface area contributed by atoms with E-state index in [1.165, 1.54) is 6.08 Å². The van der Waals surface area contributed by atoms with Gasteiger partial charge in [-0.25, -0.2) is 8.42 Å². The van der Waals surface area contributed by atoms with Crippen LogP contribution in [0.25, 0.3) is 0 Å². The molecule has 1 aromatic carbocycles. The molecule has 1 aliphatic heterocycles. The normalized spacial score (nSPS) is 25.6. The molecule has 1 aromatic rings. The van der Waals surface area contributed by atoms with Gasteiger partial charge in [0.2, 0.25) is 9.84 Å². The molecular formula is C14H16O5S. The van der Waals surface area contributed by atoms with Crippen molar-refractivity contribution >= 4 is 9.84 Å². The van der Waals surface area contributed by atoms with Crippen LogP contribution in [0.4, 0.5) is 0 Å². The highest BCUT2D eigenvalue weighted by Gasteiger charge is 2.43. The summed E-state index contributed by atoms with van der Waals surface area (Å²) in [6.45, 7) is 0.809. The Labute approximate surface area is 117 Å². The van der Waals surface area contributed by atoms with Crippen LogP contribution in [0.1, 0.15) is 12.8 Å². The van der Waals surface area contributed by atoms with Gasteiger partial charge in [-0.3, -0.25) is 0 Å². The summed E-state index contributed by atoms with van der Waals surface area (Å²) in [7, 11) is -3.62. The Morgan fingerprint density at radius 2 is 1.80 bits per heavy atom. The van der Waals surface area contributed by atoms with E-state index >= 15 is 0 Å². The average molecular weight is 296 g/mol. The lowest BCUT2D eigenvalue weighted by Gasteiger charge is -2.32. The maximum atomic E-state index is 12.6. The zero-order valence-electron chi connectivity index (χ0n) is 10.9. The summed E-state index contributed by atoms with van der Waals surface area (Å²) in [6.07, 6.45) is 1.08. The molecule has 2 aliphatic rings. The maximum absolute atomic E-state index is 12.6. The SMILES string of the molecule is O=S(=O)(C1=CC2(C[C@H](O)C1)OCCO2)c1ccccc1. The molecule has 0 amide bonds. The van der Waals surface area contributed by atoms with Gasteiger partial charge in [-0.15, -0.1) is 0 Å². The standard InChI is InChI=1S/C14H16O5S/c15-11-8-13(10-14(9-11)18-6-7-19-14)20(16,17)12-4-2-1-3-5-12/h1-5,10-11,15H,6-9H2/t11-/m1/s1. The number of hydrogen-bond donors (Lipinski definition) is 1. The lowest BCUT2D eigenvalue weighted by atomic mass is 9.99. The molecule has 1 aliphatic carbocycles. The molecule has 3 rings (SSSR count). The largest absolute Gasteiger partial charge is 0.393 e. The summed E-state index contributed by atoms with van der Waals surface area (Å²) >= 11 is 0. The van der Waals surface area contributed by atoms with Gasteiger partial charge < -0.3 is 14.6 Å². The van der Waals surface area contributed by atoms with Crippen molar-refractivity contribution in [3.8, 4) is 0 Å². The Morgan fingerprint density at radius 1 is 1.15 bits per heavy atom. The molecule has 1 fully saturated rings. The number of ether oxygens (including phenoxy) is 2. The zero-order chi connectivity index (χ0) is 14.2. The van der Waals surface area contributed by atoms with E-state index < -0.39 is 21.7 Å². The Bertz CT molecular complexity index is 614. The van der Waals surface area contributed by atoms with Crippen molar-refractivity contribution in [3.05, 3.63) is 41.3 Å². The second kappa shape index (κ2) is 4.96. The van der Waals surface area contributed by atoms with Crippen LogP contribution in [-0.2, 0) is 19.3 Å². The van der Waals surface area contributed by atoms with E-state index in [4.69, 9.17) is 9.47 Å². The summed E-state index contributed by atoms with van der Waals surface area (Å²) < 4.78 is 36.1. The number of hydrogen-bond acceptors (Lipinski definition) is 5. The van der Waals surface area contributed by atoms with Crippen molar-refractivity contribution in [1.29, 1.82) is 0 Å². The lowest BCUT2D eigenvalue weighted by Crippen LogP contribution is -2.37. The van der Waals surface area contributed by atoms with Crippen molar-refractivity contribution in [1.82, 2.24) is 0 Å². The van der Waals surface area contributed by atoms with Crippen LogP contribution in [0.15, 0.2) is 46.2 Å². The molecule has 1 N–H and O–H groups in total. The van der Waals surface area contributed by atoms with E-state index in [-0.39, 0.29) is 22.6 Å². The van der Waals surface area contributed by atoms with E-state index in [1.54, 1.807) is 30.3 Å². The Hall–Kier alpha value is -1.21. The Morgan fingerprint density at radius 3 is 2.45 bits per heavy atom. The smallest absolute Gasteiger partial charge is 0.202 e. The van der Waals surface area contributed by atoms with Crippen LogP contribution < -0.4 is 0 Å². The van der Waals surface area contributed by atoms with Gasteiger partial charge in [-0.05, 0) is 18.2 Å². The fourth-order valence-corrected chi connectivity index (χ4v) is 4.17. The van der Waals surface area contributed by atoms with Crippen molar-refractivity contribution < 1.29 is 23.0 Å². The molecule has 1 heterocycles. The molecule has 1 atom stereocenters. The number of rotatable bonds is 2. The van der Waals surface area contributed by atoms with Gasteiger partial charge in [0.05, 0.1) is 29.1 Å². The van der Waals surface area contributed by atoms with Gasteiger partial charge in [-0.1, -0.05) is 18.2 Å². The highest BCUT2D eigenvalue weighted by Crippen LogP contribution is 2.37. The van der Waals surface area contributed by atoms with E-state index in [0.29, 0.717) is 13.2 Å². The molecule has 6 heteroatoms. The highest BCUT2D eigenvalue weighted by molar-refractivity contribution is 7.95. The first-order valence-electron chi connectivity index (χ1n) is 6.50. The van der Waals surface area contributed by atoms with Gasteiger partial charge in [0, 0.05) is 12.8 Å².